The van der Waals surface area contributed by atoms with Gasteiger partial charge in [0.15, 0.2) is 0 Å². The minimum atomic E-state index is -0.535. The van der Waals surface area contributed by atoms with Crippen molar-refractivity contribution in [2.24, 2.45) is 0 Å². The summed E-state index contributed by atoms with van der Waals surface area (Å²) in [6, 6.07) is 19.9. The highest BCUT2D eigenvalue weighted by Gasteiger charge is 2.48. The summed E-state index contributed by atoms with van der Waals surface area (Å²) in [5, 5.41) is 3.38. The maximum Gasteiger partial charge on any atom is 0.326 e. The van der Waals surface area contributed by atoms with Crippen LogP contribution in [-0.2, 0) is 27.5 Å². The van der Waals surface area contributed by atoms with Crippen molar-refractivity contribution in [3.63, 3.8) is 0 Å². The molecule has 2 aromatic rings. The van der Waals surface area contributed by atoms with E-state index >= 15 is 0 Å². The average Bonchev–Trinajstić information content (AvgIpc) is 3.05. The summed E-state index contributed by atoms with van der Waals surface area (Å²) in [7, 11) is 0. The number of hydrogen-bond donors (Lipinski definition) is 1. The molecule has 6 nitrogen and oxygen atoms in total. The van der Waals surface area contributed by atoms with Gasteiger partial charge in [0.25, 0.3) is 0 Å². The second kappa shape index (κ2) is 8.76. The molecule has 1 spiro atoms. The smallest absolute Gasteiger partial charge is 0.326 e. The van der Waals surface area contributed by atoms with Crippen LogP contribution in [0.25, 0.3) is 0 Å². The molecule has 0 aromatic heterocycles. The van der Waals surface area contributed by atoms with Crippen molar-refractivity contribution in [2.45, 2.75) is 31.5 Å². The third-order valence-corrected chi connectivity index (χ3v) is 5.83. The lowest BCUT2D eigenvalue weighted by Crippen LogP contribution is -2.54. The van der Waals surface area contributed by atoms with Crippen LogP contribution in [0.15, 0.2) is 60.7 Å². The molecule has 0 radical (unpaired) electrons. The zero-order valence-corrected chi connectivity index (χ0v) is 16.5. The van der Waals surface area contributed by atoms with Gasteiger partial charge in [-0.3, -0.25) is 19.8 Å². The van der Waals surface area contributed by atoms with Crippen LogP contribution in [0, 0.1) is 0 Å². The van der Waals surface area contributed by atoms with Crippen LogP contribution >= 0.6 is 0 Å². The monoisotopic (exact) mass is 393 g/mol. The zero-order chi connectivity index (χ0) is 20.1. The molecule has 2 fully saturated rings. The van der Waals surface area contributed by atoms with Crippen molar-refractivity contribution in [1.29, 1.82) is 0 Å². The first kappa shape index (κ1) is 19.6. The number of hydrogen-bond acceptors (Lipinski definition) is 5. The van der Waals surface area contributed by atoms with Crippen molar-refractivity contribution < 1.29 is 14.3 Å². The largest absolute Gasteiger partial charge is 0.459 e. The van der Waals surface area contributed by atoms with E-state index in [-0.39, 0.29) is 25.0 Å². The Bertz CT molecular complexity index is 833. The molecular weight excluding hydrogens is 366 g/mol. The van der Waals surface area contributed by atoms with Crippen LogP contribution in [-0.4, -0.2) is 53.5 Å². The fourth-order valence-corrected chi connectivity index (χ4v) is 4.09. The van der Waals surface area contributed by atoms with E-state index in [2.05, 4.69) is 34.5 Å². The molecule has 2 saturated heterocycles. The van der Waals surface area contributed by atoms with Crippen LogP contribution in [0.4, 0.5) is 0 Å². The van der Waals surface area contributed by atoms with Gasteiger partial charge < -0.3 is 9.64 Å². The molecule has 4 rings (SSSR count). The van der Waals surface area contributed by atoms with Gasteiger partial charge >= 0.3 is 5.97 Å². The number of rotatable bonds is 6. The lowest BCUT2D eigenvalue weighted by molar-refractivity contribution is -0.150. The van der Waals surface area contributed by atoms with Crippen LogP contribution < -0.4 is 5.32 Å². The molecule has 2 aliphatic rings. The fraction of sp³-hybridized carbons (Fsp3) is 0.391. The van der Waals surface area contributed by atoms with E-state index in [1.54, 1.807) is 4.90 Å². The summed E-state index contributed by atoms with van der Waals surface area (Å²) in [4.78, 5) is 29.2. The van der Waals surface area contributed by atoms with E-state index in [9.17, 15) is 9.59 Å². The first-order chi connectivity index (χ1) is 14.1. The third-order valence-electron chi connectivity index (χ3n) is 5.83. The van der Waals surface area contributed by atoms with Crippen LogP contribution in [0.5, 0.6) is 0 Å². The van der Waals surface area contributed by atoms with Gasteiger partial charge in [-0.25, -0.2) is 0 Å². The topological polar surface area (TPSA) is 61.9 Å². The molecule has 0 aliphatic carbocycles. The number of carbonyl (C=O) groups excluding carboxylic acids is 2. The molecule has 2 aromatic carbocycles. The van der Waals surface area contributed by atoms with E-state index in [0.29, 0.717) is 6.67 Å². The van der Waals surface area contributed by atoms with Gasteiger partial charge in [-0.1, -0.05) is 60.7 Å². The van der Waals surface area contributed by atoms with E-state index in [0.717, 1.165) is 38.0 Å². The number of nitrogens with one attached hydrogen (secondary N) is 1. The summed E-state index contributed by atoms with van der Waals surface area (Å²) >= 11 is 0. The van der Waals surface area contributed by atoms with Crippen LogP contribution in [0.2, 0.25) is 0 Å². The molecule has 1 N–H and O–H groups in total. The standard InChI is InChI=1S/C23H27N3O3/c27-21(29-17-20-9-5-2-6-10-20)16-26-18-24-23(22(26)28)11-13-25(14-12-23)15-19-7-3-1-4-8-19/h1-10,24H,11-18H2. The normalized spacial score (nSPS) is 18.9. The third kappa shape index (κ3) is 4.66. The van der Waals surface area contributed by atoms with Crippen LogP contribution in [0.1, 0.15) is 24.0 Å². The molecule has 2 aliphatic heterocycles. The van der Waals surface area contributed by atoms with E-state index < -0.39 is 5.54 Å². The summed E-state index contributed by atoms with van der Waals surface area (Å²) in [6.45, 7) is 3.25. The van der Waals surface area contributed by atoms with Crippen molar-refractivity contribution in [2.75, 3.05) is 26.3 Å². The van der Waals surface area contributed by atoms with E-state index in [1.807, 2.05) is 36.4 Å². The van der Waals surface area contributed by atoms with E-state index in [4.69, 9.17) is 4.74 Å². The van der Waals surface area contributed by atoms with Crippen molar-refractivity contribution in [1.82, 2.24) is 15.1 Å². The van der Waals surface area contributed by atoms with Gasteiger partial charge in [0.1, 0.15) is 18.7 Å². The lowest BCUT2D eigenvalue weighted by atomic mass is 9.87. The lowest BCUT2D eigenvalue weighted by Gasteiger charge is -2.37. The Balaban J connectivity index is 1.26. The number of ether oxygens (including phenoxy) is 1. The van der Waals surface area contributed by atoms with Crippen molar-refractivity contribution in [3.8, 4) is 0 Å². The minimum Gasteiger partial charge on any atom is -0.459 e. The number of likely N-dealkylation sites (tertiary alicyclic amines) is 1. The van der Waals surface area contributed by atoms with Gasteiger partial charge in [-0.2, -0.15) is 0 Å². The Morgan fingerprint density at radius 1 is 0.966 bits per heavy atom. The highest BCUT2D eigenvalue weighted by molar-refractivity contribution is 5.91. The Morgan fingerprint density at radius 2 is 1.59 bits per heavy atom. The fourth-order valence-electron chi connectivity index (χ4n) is 4.09. The number of piperidine rings is 1. The Kier molecular flexibility index (Phi) is 5.92. The predicted molar refractivity (Wildman–Crippen MR) is 110 cm³/mol. The maximum atomic E-state index is 13.0. The van der Waals surface area contributed by atoms with Gasteiger partial charge in [0.2, 0.25) is 5.91 Å². The molecule has 0 atom stereocenters. The quantitative estimate of drug-likeness (QED) is 0.762. The molecule has 152 valence electrons. The average molecular weight is 393 g/mol. The van der Waals surface area contributed by atoms with Crippen molar-refractivity contribution >= 4 is 11.9 Å². The Morgan fingerprint density at radius 3 is 2.24 bits per heavy atom. The molecule has 0 saturated carbocycles. The highest BCUT2D eigenvalue weighted by atomic mass is 16.5. The van der Waals surface area contributed by atoms with Gasteiger partial charge in [-0.15, -0.1) is 0 Å². The van der Waals surface area contributed by atoms with Gasteiger partial charge in [-0.05, 0) is 24.0 Å². The number of esters is 1. The Labute approximate surface area is 171 Å². The molecule has 29 heavy (non-hydrogen) atoms. The van der Waals surface area contributed by atoms with Crippen LogP contribution in [0.3, 0.4) is 0 Å². The predicted octanol–water partition coefficient (Wildman–Crippen LogP) is 2.15. The molecule has 0 bridgehead atoms. The zero-order valence-electron chi connectivity index (χ0n) is 16.5. The minimum absolute atomic E-state index is 0.00581. The summed E-state index contributed by atoms with van der Waals surface area (Å²) in [5.41, 5.74) is 1.69. The number of carbonyl (C=O) groups is 2. The summed E-state index contributed by atoms with van der Waals surface area (Å²) in [5.74, 6) is -0.351. The number of amides is 1. The first-order valence-corrected chi connectivity index (χ1v) is 10.1. The number of nitrogens with zero attached hydrogens (tertiary/aromatic N) is 2. The van der Waals surface area contributed by atoms with Crippen molar-refractivity contribution in [3.05, 3.63) is 71.8 Å². The highest BCUT2D eigenvalue weighted by Crippen LogP contribution is 2.29. The molecular formula is C23H27N3O3. The van der Waals surface area contributed by atoms with Gasteiger partial charge in [0.05, 0.1) is 6.67 Å². The molecule has 0 unspecified atom stereocenters. The van der Waals surface area contributed by atoms with E-state index in [1.165, 1.54) is 5.56 Å². The summed E-state index contributed by atoms with van der Waals surface area (Å²) < 4.78 is 5.33. The number of benzene rings is 2. The second-order valence-corrected chi connectivity index (χ2v) is 7.83. The first-order valence-electron chi connectivity index (χ1n) is 10.1. The second-order valence-electron chi connectivity index (χ2n) is 7.83. The molecule has 6 heteroatoms. The Hall–Kier alpha value is -2.70. The van der Waals surface area contributed by atoms with Gasteiger partial charge in [0, 0.05) is 19.6 Å². The molecule has 2 heterocycles. The molecule has 1 amide bonds. The summed E-state index contributed by atoms with van der Waals surface area (Å²) in [6.07, 6.45) is 1.52. The SMILES string of the molecule is O=C(CN1CNC2(CCN(Cc3ccccc3)CC2)C1=O)OCc1ccccc1. The maximum absolute atomic E-state index is 13.0.